The molecule has 2 rings (SSSR count). The van der Waals surface area contributed by atoms with Gasteiger partial charge in [-0.2, -0.15) is 0 Å². The van der Waals surface area contributed by atoms with Crippen LogP contribution < -0.4 is 11.1 Å². The van der Waals surface area contributed by atoms with Crippen LogP contribution in [0.3, 0.4) is 0 Å². The molecule has 0 radical (unpaired) electrons. The number of hydrogen-bond acceptors (Lipinski definition) is 3. The number of benzene rings is 1. The zero-order chi connectivity index (χ0) is 15.2. The van der Waals surface area contributed by atoms with E-state index in [2.05, 4.69) is 5.32 Å². The van der Waals surface area contributed by atoms with Crippen molar-refractivity contribution in [2.24, 2.45) is 5.73 Å². The molecule has 2 amide bonds. The van der Waals surface area contributed by atoms with E-state index in [4.69, 9.17) is 5.73 Å². The van der Waals surface area contributed by atoms with Gasteiger partial charge in [-0.05, 0) is 12.0 Å². The number of amides is 2. The first-order valence-electron chi connectivity index (χ1n) is 7.46. The highest BCUT2D eigenvalue weighted by Gasteiger charge is 2.33. The summed E-state index contributed by atoms with van der Waals surface area (Å²) in [5.41, 5.74) is 7.32. The van der Waals surface area contributed by atoms with E-state index in [-0.39, 0.29) is 30.3 Å². The van der Waals surface area contributed by atoms with Crippen LogP contribution in [0.5, 0.6) is 0 Å². The van der Waals surface area contributed by atoms with Gasteiger partial charge in [-0.15, -0.1) is 0 Å². The standard InChI is InChI=1S/C16H23N3O2/c1-2-6-15(20)18-9-16(21)19-10-13(14(17)11-19)12-7-4-3-5-8-12/h3-5,7-8,13-14H,2,6,9-11,17H2,1H3,(H,18,20)/t13-,14+/m0/s1. The lowest BCUT2D eigenvalue weighted by Gasteiger charge is -2.16. The largest absolute Gasteiger partial charge is 0.347 e. The minimum atomic E-state index is -0.0750. The Hall–Kier alpha value is -1.88. The van der Waals surface area contributed by atoms with Gasteiger partial charge in [0.05, 0.1) is 6.54 Å². The van der Waals surface area contributed by atoms with Gasteiger partial charge in [-0.1, -0.05) is 37.3 Å². The summed E-state index contributed by atoms with van der Waals surface area (Å²) in [7, 11) is 0. The Bertz CT molecular complexity index is 490. The maximum atomic E-state index is 12.1. The number of hydrogen-bond donors (Lipinski definition) is 2. The van der Waals surface area contributed by atoms with Gasteiger partial charge in [0, 0.05) is 31.5 Å². The number of likely N-dealkylation sites (tertiary alicyclic amines) is 1. The van der Waals surface area contributed by atoms with E-state index < -0.39 is 0 Å². The highest BCUT2D eigenvalue weighted by Crippen LogP contribution is 2.26. The molecule has 1 aromatic carbocycles. The van der Waals surface area contributed by atoms with Gasteiger partial charge in [0.25, 0.3) is 0 Å². The third-order valence-corrected chi connectivity index (χ3v) is 3.86. The van der Waals surface area contributed by atoms with E-state index in [1.54, 1.807) is 4.90 Å². The molecule has 0 unspecified atom stereocenters. The minimum Gasteiger partial charge on any atom is -0.347 e. The van der Waals surface area contributed by atoms with Crippen molar-refractivity contribution in [3.8, 4) is 0 Å². The molecular formula is C16H23N3O2. The zero-order valence-corrected chi connectivity index (χ0v) is 12.4. The molecule has 2 atom stereocenters. The van der Waals surface area contributed by atoms with Crippen LogP contribution in [0, 0.1) is 0 Å². The number of carbonyl (C=O) groups is 2. The molecular weight excluding hydrogens is 266 g/mol. The summed E-state index contributed by atoms with van der Waals surface area (Å²) in [4.78, 5) is 25.3. The van der Waals surface area contributed by atoms with Crippen LogP contribution in [0.1, 0.15) is 31.2 Å². The van der Waals surface area contributed by atoms with E-state index in [0.717, 1.165) is 12.0 Å². The summed E-state index contributed by atoms with van der Waals surface area (Å²) in [6.07, 6.45) is 1.24. The van der Waals surface area contributed by atoms with Crippen LogP contribution in [0.4, 0.5) is 0 Å². The van der Waals surface area contributed by atoms with Crippen molar-refractivity contribution < 1.29 is 9.59 Å². The predicted octanol–water partition coefficient (Wildman–Crippen LogP) is 0.856. The highest BCUT2D eigenvalue weighted by atomic mass is 16.2. The Kier molecular flexibility index (Phi) is 5.33. The quantitative estimate of drug-likeness (QED) is 0.844. The van der Waals surface area contributed by atoms with Crippen molar-refractivity contribution in [3.05, 3.63) is 35.9 Å². The summed E-state index contributed by atoms with van der Waals surface area (Å²) in [5.74, 6) is 0.0313. The first-order chi connectivity index (χ1) is 10.1. The van der Waals surface area contributed by atoms with Gasteiger partial charge in [-0.25, -0.2) is 0 Å². The molecule has 1 aliphatic heterocycles. The normalized spacial score (nSPS) is 21.3. The maximum absolute atomic E-state index is 12.1. The van der Waals surface area contributed by atoms with Crippen LogP contribution in [-0.4, -0.2) is 42.4 Å². The summed E-state index contributed by atoms with van der Waals surface area (Å²) in [6.45, 7) is 3.16. The molecule has 0 spiro atoms. The van der Waals surface area contributed by atoms with Crippen molar-refractivity contribution in [2.45, 2.75) is 31.7 Å². The lowest BCUT2D eigenvalue weighted by Crippen LogP contribution is -2.40. The fourth-order valence-corrected chi connectivity index (χ4v) is 2.69. The van der Waals surface area contributed by atoms with Crippen molar-refractivity contribution in [1.29, 1.82) is 0 Å². The number of rotatable bonds is 5. The summed E-state index contributed by atoms with van der Waals surface area (Å²) in [6, 6.07) is 9.97. The highest BCUT2D eigenvalue weighted by molar-refractivity contribution is 5.85. The Morgan fingerprint density at radius 1 is 1.29 bits per heavy atom. The van der Waals surface area contributed by atoms with Crippen LogP contribution in [-0.2, 0) is 9.59 Å². The summed E-state index contributed by atoms with van der Waals surface area (Å²) >= 11 is 0. The molecule has 5 nitrogen and oxygen atoms in total. The second kappa shape index (κ2) is 7.22. The van der Waals surface area contributed by atoms with Crippen molar-refractivity contribution in [1.82, 2.24) is 10.2 Å². The maximum Gasteiger partial charge on any atom is 0.242 e. The monoisotopic (exact) mass is 289 g/mol. The van der Waals surface area contributed by atoms with Gasteiger partial charge in [0.2, 0.25) is 11.8 Å². The minimum absolute atomic E-state index is 0.0531. The van der Waals surface area contributed by atoms with Crippen molar-refractivity contribution in [2.75, 3.05) is 19.6 Å². The Balaban J connectivity index is 1.88. The lowest BCUT2D eigenvalue weighted by atomic mass is 9.95. The summed E-state index contributed by atoms with van der Waals surface area (Å²) in [5, 5.41) is 2.66. The number of nitrogens with two attached hydrogens (primary N) is 1. The van der Waals surface area contributed by atoms with Crippen molar-refractivity contribution >= 4 is 11.8 Å². The van der Waals surface area contributed by atoms with Gasteiger partial charge in [0.15, 0.2) is 0 Å². The van der Waals surface area contributed by atoms with E-state index in [1.165, 1.54) is 0 Å². The van der Waals surface area contributed by atoms with E-state index in [1.807, 2.05) is 37.3 Å². The molecule has 5 heteroatoms. The van der Waals surface area contributed by atoms with Gasteiger partial charge in [-0.3, -0.25) is 9.59 Å². The molecule has 1 fully saturated rings. The third-order valence-electron chi connectivity index (χ3n) is 3.86. The second-order valence-corrected chi connectivity index (χ2v) is 5.51. The Labute approximate surface area is 125 Å². The van der Waals surface area contributed by atoms with E-state index >= 15 is 0 Å². The summed E-state index contributed by atoms with van der Waals surface area (Å²) < 4.78 is 0. The van der Waals surface area contributed by atoms with Gasteiger partial charge >= 0.3 is 0 Å². The SMILES string of the molecule is CCCC(=O)NCC(=O)N1C[C@@H](N)[C@H](c2ccccc2)C1. The van der Waals surface area contributed by atoms with Crippen LogP contribution in [0.15, 0.2) is 30.3 Å². The Morgan fingerprint density at radius 2 is 2.00 bits per heavy atom. The average Bonchev–Trinajstić information content (AvgIpc) is 2.88. The zero-order valence-electron chi connectivity index (χ0n) is 12.4. The fraction of sp³-hybridized carbons (Fsp3) is 0.500. The molecule has 21 heavy (non-hydrogen) atoms. The number of nitrogens with zero attached hydrogens (tertiary/aromatic N) is 1. The topological polar surface area (TPSA) is 75.4 Å². The Morgan fingerprint density at radius 3 is 2.67 bits per heavy atom. The van der Waals surface area contributed by atoms with Crippen molar-refractivity contribution in [3.63, 3.8) is 0 Å². The molecule has 0 bridgehead atoms. The molecule has 1 saturated heterocycles. The van der Waals surface area contributed by atoms with Crippen LogP contribution in [0.2, 0.25) is 0 Å². The van der Waals surface area contributed by atoms with Gasteiger partial charge in [0.1, 0.15) is 0 Å². The smallest absolute Gasteiger partial charge is 0.242 e. The number of nitrogens with one attached hydrogen (secondary N) is 1. The second-order valence-electron chi connectivity index (χ2n) is 5.51. The van der Waals surface area contributed by atoms with E-state index in [0.29, 0.717) is 19.5 Å². The third kappa shape index (κ3) is 4.04. The van der Waals surface area contributed by atoms with Gasteiger partial charge < -0.3 is 16.0 Å². The number of carbonyl (C=O) groups excluding carboxylic acids is 2. The van der Waals surface area contributed by atoms with Crippen LogP contribution >= 0.6 is 0 Å². The van der Waals surface area contributed by atoms with Crippen LogP contribution in [0.25, 0.3) is 0 Å². The first-order valence-corrected chi connectivity index (χ1v) is 7.46. The first kappa shape index (κ1) is 15.5. The molecule has 0 aliphatic carbocycles. The molecule has 0 aromatic heterocycles. The molecule has 0 saturated carbocycles. The molecule has 3 N–H and O–H groups in total. The van der Waals surface area contributed by atoms with E-state index in [9.17, 15) is 9.59 Å². The average molecular weight is 289 g/mol. The molecule has 1 aromatic rings. The molecule has 1 heterocycles. The fourth-order valence-electron chi connectivity index (χ4n) is 2.69. The molecule has 114 valence electrons. The predicted molar refractivity (Wildman–Crippen MR) is 81.7 cm³/mol. The molecule has 1 aliphatic rings. The lowest BCUT2D eigenvalue weighted by molar-refractivity contribution is -0.132.